The van der Waals surface area contributed by atoms with Crippen LogP contribution in [0.1, 0.15) is 119 Å². The number of ether oxygens (including phenoxy) is 2. The summed E-state index contributed by atoms with van der Waals surface area (Å²) in [7, 11) is 0. The number of fused-ring (bicyclic) bond motifs is 5. The van der Waals surface area contributed by atoms with Gasteiger partial charge in [-0.2, -0.15) is 0 Å². The quantitative estimate of drug-likeness (QED) is 0.379. The van der Waals surface area contributed by atoms with Gasteiger partial charge in [0.1, 0.15) is 5.60 Å². The number of carbonyl (C=O) groups is 1. The van der Waals surface area contributed by atoms with Crippen LogP contribution in [-0.2, 0) is 14.3 Å². The van der Waals surface area contributed by atoms with Crippen LogP contribution in [0.4, 0.5) is 0 Å². The molecule has 33 heavy (non-hydrogen) atoms. The monoisotopic (exact) mass is 460 g/mol. The highest BCUT2D eigenvalue weighted by atomic mass is 16.6. The Morgan fingerprint density at radius 3 is 2.36 bits per heavy atom. The molecule has 1 unspecified atom stereocenters. The zero-order valence-electron chi connectivity index (χ0n) is 22.8. The minimum Gasteiger partial charge on any atom is -0.460 e. The average Bonchev–Trinajstić information content (AvgIpc) is 3.08. The smallest absolute Gasteiger partial charge is 0.306 e. The van der Waals surface area contributed by atoms with Gasteiger partial charge in [0.05, 0.1) is 6.10 Å². The van der Waals surface area contributed by atoms with Crippen LogP contribution in [0, 0.1) is 46.3 Å². The maximum Gasteiger partial charge on any atom is 0.306 e. The summed E-state index contributed by atoms with van der Waals surface area (Å²) in [5.41, 5.74) is 0.637. The summed E-state index contributed by atoms with van der Waals surface area (Å²) in [6.45, 7) is 16.6. The second-order valence-electron chi connectivity index (χ2n) is 13.8. The Bertz CT molecular complexity index is 695. The molecule has 4 aliphatic carbocycles. The highest BCUT2D eigenvalue weighted by molar-refractivity contribution is 5.69. The molecule has 0 amide bonds. The van der Waals surface area contributed by atoms with E-state index in [-0.39, 0.29) is 11.6 Å². The van der Waals surface area contributed by atoms with Crippen LogP contribution >= 0.6 is 0 Å². The van der Waals surface area contributed by atoms with Crippen molar-refractivity contribution in [2.75, 3.05) is 6.61 Å². The van der Waals surface area contributed by atoms with Gasteiger partial charge in [-0.3, -0.25) is 4.79 Å². The first-order chi connectivity index (χ1) is 15.5. The van der Waals surface area contributed by atoms with Crippen molar-refractivity contribution in [2.24, 2.45) is 46.3 Å². The van der Waals surface area contributed by atoms with Crippen molar-refractivity contribution in [3.63, 3.8) is 0 Å². The molecule has 0 N–H and O–H groups in total. The molecule has 3 nitrogen and oxygen atoms in total. The molecule has 3 heteroatoms. The first-order valence-corrected chi connectivity index (χ1v) is 14.3. The summed E-state index contributed by atoms with van der Waals surface area (Å²) in [6.07, 6.45) is 14.5. The summed E-state index contributed by atoms with van der Waals surface area (Å²) in [4.78, 5) is 12.3. The first kappa shape index (κ1) is 25.5. The van der Waals surface area contributed by atoms with Crippen LogP contribution in [-0.4, -0.2) is 24.3 Å². The minimum atomic E-state index is -0.375. The number of carbonyl (C=O) groups excluding carboxylic acids is 1. The summed E-state index contributed by atoms with van der Waals surface area (Å²) in [5, 5.41) is 0. The van der Waals surface area contributed by atoms with Gasteiger partial charge in [0.15, 0.2) is 0 Å². The van der Waals surface area contributed by atoms with Gasteiger partial charge >= 0.3 is 5.97 Å². The van der Waals surface area contributed by atoms with Crippen LogP contribution < -0.4 is 0 Å². The molecule has 0 spiro atoms. The van der Waals surface area contributed by atoms with E-state index in [4.69, 9.17) is 9.47 Å². The maximum absolute atomic E-state index is 12.3. The molecule has 190 valence electrons. The van der Waals surface area contributed by atoms with Gasteiger partial charge in [-0.1, -0.05) is 20.8 Å². The fourth-order valence-corrected chi connectivity index (χ4v) is 9.52. The van der Waals surface area contributed by atoms with Gasteiger partial charge in [0, 0.05) is 13.0 Å². The Kier molecular flexibility index (Phi) is 7.33. The summed E-state index contributed by atoms with van der Waals surface area (Å²) in [6, 6.07) is 0. The Hall–Kier alpha value is -0.570. The van der Waals surface area contributed by atoms with Gasteiger partial charge in [-0.25, -0.2) is 0 Å². The third-order valence-electron chi connectivity index (χ3n) is 11.0. The lowest BCUT2D eigenvalue weighted by Gasteiger charge is -2.61. The van der Waals surface area contributed by atoms with Gasteiger partial charge in [0.25, 0.3) is 0 Å². The second-order valence-corrected chi connectivity index (χ2v) is 13.8. The lowest BCUT2D eigenvalue weighted by molar-refractivity contribution is -0.155. The molecule has 0 heterocycles. The molecular weight excluding hydrogens is 408 g/mol. The molecule has 0 aromatic rings. The zero-order chi connectivity index (χ0) is 24.0. The van der Waals surface area contributed by atoms with E-state index in [1.807, 2.05) is 20.8 Å². The van der Waals surface area contributed by atoms with E-state index in [0.29, 0.717) is 29.3 Å². The lowest BCUT2D eigenvalue weighted by Crippen LogP contribution is -2.54. The van der Waals surface area contributed by atoms with Crippen LogP contribution in [0.2, 0.25) is 0 Å². The Balaban J connectivity index is 1.40. The first-order valence-electron chi connectivity index (χ1n) is 14.3. The molecule has 4 saturated carbocycles. The maximum atomic E-state index is 12.3. The SMILES string of the molecule is CCO[C@@H]1CC[C@@]2(C)[C@H](CC[C@@H]3[C@@H]2CC[C@]2(C)C([C@H](C)CCC(=O)OC(C)(C)C)CC[C@@H]32)C1. The fraction of sp³-hybridized carbons (Fsp3) is 0.967. The van der Waals surface area contributed by atoms with E-state index in [1.165, 1.54) is 57.8 Å². The van der Waals surface area contributed by atoms with Crippen molar-refractivity contribution in [2.45, 2.75) is 131 Å². The molecule has 0 aromatic carbocycles. The van der Waals surface area contributed by atoms with Crippen molar-refractivity contribution in [1.29, 1.82) is 0 Å². The highest BCUT2D eigenvalue weighted by Crippen LogP contribution is 2.68. The van der Waals surface area contributed by atoms with Crippen molar-refractivity contribution >= 4 is 5.97 Å². The van der Waals surface area contributed by atoms with E-state index >= 15 is 0 Å². The molecule has 4 aliphatic rings. The van der Waals surface area contributed by atoms with E-state index in [9.17, 15) is 4.79 Å². The van der Waals surface area contributed by atoms with Crippen LogP contribution in [0.5, 0.6) is 0 Å². The normalized spacial score (nSPS) is 43.8. The number of hydrogen-bond acceptors (Lipinski definition) is 3. The molecule has 9 atom stereocenters. The Labute approximate surface area is 204 Å². The lowest BCUT2D eigenvalue weighted by atomic mass is 9.44. The van der Waals surface area contributed by atoms with Gasteiger partial charge in [-0.05, 0) is 138 Å². The molecule has 4 rings (SSSR count). The van der Waals surface area contributed by atoms with E-state index in [0.717, 1.165) is 42.6 Å². The van der Waals surface area contributed by atoms with E-state index < -0.39 is 0 Å². The molecule has 0 bridgehead atoms. The molecule has 0 aliphatic heterocycles. The fourth-order valence-electron chi connectivity index (χ4n) is 9.52. The van der Waals surface area contributed by atoms with Crippen molar-refractivity contribution in [3.05, 3.63) is 0 Å². The Morgan fingerprint density at radius 1 is 0.970 bits per heavy atom. The summed E-state index contributed by atoms with van der Waals surface area (Å²) in [5.74, 6) is 4.98. The van der Waals surface area contributed by atoms with E-state index in [2.05, 4.69) is 27.7 Å². The summed E-state index contributed by atoms with van der Waals surface area (Å²) >= 11 is 0. The predicted octanol–water partition coefficient (Wildman–Crippen LogP) is 7.81. The highest BCUT2D eigenvalue weighted by Gasteiger charge is 2.60. The number of esters is 1. The molecule has 0 saturated heterocycles. The largest absolute Gasteiger partial charge is 0.460 e. The Morgan fingerprint density at radius 2 is 1.67 bits per heavy atom. The van der Waals surface area contributed by atoms with Crippen LogP contribution in [0.15, 0.2) is 0 Å². The van der Waals surface area contributed by atoms with Crippen molar-refractivity contribution < 1.29 is 14.3 Å². The second kappa shape index (κ2) is 9.47. The number of rotatable bonds is 6. The van der Waals surface area contributed by atoms with Crippen LogP contribution in [0.25, 0.3) is 0 Å². The summed E-state index contributed by atoms with van der Waals surface area (Å²) < 4.78 is 11.7. The zero-order valence-corrected chi connectivity index (χ0v) is 22.8. The topological polar surface area (TPSA) is 35.5 Å². The molecule has 0 radical (unpaired) electrons. The van der Waals surface area contributed by atoms with Gasteiger partial charge < -0.3 is 9.47 Å². The third-order valence-corrected chi connectivity index (χ3v) is 11.0. The van der Waals surface area contributed by atoms with Crippen LogP contribution in [0.3, 0.4) is 0 Å². The van der Waals surface area contributed by atoms with Gasteiger partial charge in [-0.15, -0.1) is 0 Å². The average molecular weight is 461 g/mol. The van der Waals surface area contributed by atoms with E-state index in [1.54, 1.807) is 0 Å². The molecular formula is C30H52O3. The predicted molar refractivity (Wildman–Crippen MR) is 135 cm³/mol. The molecule has 0 aromatic heterocycles. The van der Waals surface area contributed by atoms with Crippen molar-refractivity contribution in [1.82, 2.24) is 0 Å². The molecule has 4 fully saturated rings. The standard InChI is InChI=1S/C30H52O3/c1-8-32-22-15-17-29(6)21(19-22)10-11-23-25-13-12-24(30(25,7)18-16-26(23)29)20(2)9-14-27(31)33-28(3,4)5/h20-26H,8-19H2,1-7H3/t20-,21-,22-,23+,24?,25+,26+,29+,30-/m1/s1. The third kappa shape index (κ3) is 4.91. The minimum absolute atomic E-state index is 0.0216. The van der Waals surface area contributed by atoms with Crippen molar-refractivity contribution in [3.8, 4) is 0 Å². The number of hydrogen-bond donors (Lipinski definition) is 0. The van der Waals surface area contributed by atoms with Gasteiger partial charge in [0.2, 0.25) is 0 Å².